The van der Waals surface area contributed by atoms with Crippen molar-refractivity contribution in [2.45, 2.75) is 32.7 Å². The predicted molar refractivity (Wildman–Crippen MR) is 112 cm³/mol. The van der Waals surface area contributed by atoms with Crippen LogP contribution in [0.3, 0.4) is 0 Å². The van der Waals surface area contributed by atoms with Gasteiger partial charge < -0.3 is 5.11 Å². The number of rotatable bonds is 8. The van der Waals surface area contributed by atoms with Crippen LogP contribution in [0.1, 0.15) is 41.4 Å². The van der Waals surface area contributed by atoms with Crippen LogP contribution in [0.25, 0.3) is 22.5 Å². The van der Waals surface area contributed by atoms with E-state index in [4.69, 9.17) is 0 Å². The second-order valence-electron chi connectivity index (χ2n) is 7.07. The van der Waals surface area contributed by atoms with Crippen LogP contribution >= 0.6 is 0 Å². The van der Waals surface area contributed by atoms with Crippen molar-refractivity contribution in [2.75, 3.05) is 0 Å². The minimum absolute atomic E-state index is 0.262. The van der Waals surface area contributed by atoms with Gasteiger partial charge in [0.2, 0.25) is 5.82 Å². The molecule has 0 aliphatic rings. The lowest BCUT2D eigenvalue weighted by Crippen LogP contribution is -2.01. The molecule has 2 aromatic carbocycles. The maximum atomic E-state index is 11.6. The third kappa shape index (κ3) is 4.12. The summed E-state index contributed by atoms with van der Waals surface area (Å²) in [6.07, 6.45) is 4.09. The average molecular weight is 402 g/mol. The number of carboxylic acids is 1. The summed E-state index contributed by atoms with van der Waals surface area (Å²) in [7, 11) is 0. The van der Waals surface area contributed by atoms with Gasteiger partial charge in [-0.3, -0.25) is 4.68 Å². The Morgan fingerprint density at radius 1 is 1.10 bits per heavy atom. The van der Waals surface area contributed by atoms with Gasteiger partial charge in [0.15, 0.2) is 0 Å². The molecule has 0 unspecified atom stereocenters. The molecule has 0 aliphatic heterocycles. The van der Waals surface area contributed by atoms with E-state index in [9.17, 15) is 9.90 Å². The first-order valence-corrected chi connectivity index (χ1v) is 9.87. The van der Waals surface area contributed by atoms with Gasteiger partial charge in [0, 0.05) is 24.7 Å². The Bertz CT molecular complexity index is 1130. The summed E-state index contributed by atoms with van der Waals surface area (Å²) in [4.78, 5) is 11.6. The standard InChI is InChI=1S/C22H22N6O2/c1-2-3-12-28-14-19(22(29)30)20(25-28)13-15-8-10-16(11-9-15)17-6-4-5-7-18(17)21-23-26-27-24-21/h4-11,14H,2-3,12-13H2,1H3,(H,29,30)(H,23,24,26,27). The lowest BCUT2D eigenvalue weighted by Gasteiger charge is -2.08. The highest BCUT2D eigenvalue weighted by Crippen LogP contribution is 2.30. The maximum Gasteiger partial charge on any atom is 0.339 e. The van der Waals surface area contributed by atoms with Gasteiger partial charge in [-0.05, 0) is 28.3 Å². The van der Waals surface area contributed by atoms with E-state index in [0.29, 0.717) is 17.9 Å². The quantitative estimate of drug-likeness (QED) is 0.464. The molecule has 8 heteroatoms. The molecule has 0 bridgehead atoms. The lowest BCUT2D eigenvalue weighted by molar-refractivity contribution is 0.0695. The van der Waals surface area contributed by atoms with Crippen molar-refractivity contribution in [3.63, 3.8) is 0 Å². The highest BCUT2D eigenvalue weighted by molar-refractivity contribution is 5.88. The first kappa shape index (κ1) is 19.5. The molecular weight excluding hydrogens is 380 g/mol. The number of hydrogen-bond acceptors (Lipinski definition) is 5. The third-order valence-electron chi connectivity index (χ3n) is 4.96. The number of carbonyl (C=O) groups is 1. The number of tetrazole rings is 1. The number of nitrogens with one attached hydrogen (secondary N) is 1. The van der Waals surface area contributed by atoms with E-state index < -0.39 is 5.97 Å². The SMILES string of the molecule is CCCCn1cc(C(=O)O)c(Cc2ccc(-c3ccccc3-c3nn[nH]n3)cc2)n1. The largest absolute Gasteiger partial charge is 0.478 e. The average Bonchev–Trinajstić information content (AvgIpc) is 3.43. The number of H-pyrrole nitrogens is 1. The van der Waals surface area contributed by atoms with Gasteiger partial charge in [0.25, 0.3) is 0 Å². The third-order valence-corrected chi connectivity index (χ3v) is 4.96. The minimum Gasteiger partial charge on any atom is -0.478 e. The first-order valence-electron chi connectivity index (χ1n) is 9.87. The summed E-state index contributed by atoms with van der Waals surface area (Å²) in [6.45, 7) is 2.82. The number of benzene rings is 2. The van der Waals surface area contributed by atoms with Gasteiger partial charge >= 0.3 is 5.97 Å². The molecule has 0 fully saturated rings. The molecule has 152 valence electrons. The zero-order valence-corrected chi connectivity index (χ0v) is 16.6. The monoisotopic (exact) mass is 402 g/mol. The fourth-order valence-corrected chi connectivity index (χ4v) is 3.41. The van der Waals surface area contributed by atoms with Gasteiger partial charge in [-0.25, -0.2) is 4.79 Å². The van der Waals surface area contributed by atoms with Crippen LogP contribution in [0.15, 0.2) is 54.7 Å². The molecule has 2 heterocycles. The van der Waals surface area contributed by atoms with Gasteiger partial charge in [-0.15, -0.1) is 10.2 Å². The molecule has 2 N–H and O–H groups in total. The predicted octanol–water partition coefficient (Wildman–Crippen LogP) is 3.82. The second kappa shape index (κ2) is 8.69. The van der Waals surface area contributed by atoms with Crippen molar-refractivity contribution in [2.24, 2.45) is 0 Å². The molecule has 4 aromatic rings. The number of aromatic nitrogens is 6. The van der Waals surface area contributed by atoms with E-state index in [0.717, 1.165) is 41.6 Å². The number of aryl methyl sites for hydroxylation is 1. The van der Waals surface area contributed by atoms with Gasteiger partial charge in [-0.1, -0.05) is 61.9 Å². The molecule has 4 rings (SSSR count). The van der Waals surface area contributed by atoms with Crippen LogP contribution in [0, 0.1) is 0 Å². The molecule has 0 amide bonds. The topological polar surface area (TPSA) is 110 Å². The van der Waals surface area contributed by atoms with Gasteiger partial charge in [0.05, 0.1) is 5.69 Å². The van der Waals surface area contributed by atoms with Crippen LogP contribution in [-0.4, -0.2) is 41.5 Å². The Hall–Kier alpha value is -3.81. The highest BCUT2D eigenvalue weighted by atomic mass is 16.4. The molecule has 0 aliphatic carbocycles. The second-order valence-corrected chi connectivity index (χ2v) is 7.07. The molecule has 0 spiro atoms. The molecular formula is C22H22N6O2. The van der Waals surface area contributed by atoms with E-state index in [1.165, 1.54) is 0 Å². The zero-order chi connectivity index (χ0) is 20.9. The Morgan fingerprint density at radius 3 is 2.53 bits per heavy atom. The molecule has 0 atom stereocenters. The normalized spacial score (nSPS) is 11.0. The summed E-state index contributed by atoms with van der Waals surface area (Å²) in [5.41, 5.74) is 4.75. The van der Waals surface area contributed by atoms with Crippen LogP contribution in [-0.2, 0) is 13.0 Å². The van der Waals surface area contributed by atoms with E-state index in [1.807, 2.05) is 48.5 Å². The summed E-state index contributed by atoms with van der Waals surface area (Å²) in [6, 6.07) is 15.9. The van der Waals surface area contributed by atoms with E-state index in [1.54, 1.807) is 10.9 Å². The number of hydrogen-bond donors (Lipinski definition) is 2. The molecule has 30 heavy (non-hydrogen) atoms. The van der Waals surface area contributed by atoms with E-state index in [-0.39, 0.29) is 5.56 Å². The summed E-state index contributed by atoms with van der Waals surface area (Å²) < 4.78 is 1.73. The number of nitrogens with zero attached hydrogens (tertiary/aromatic N) is 5. The Labute approximate surface area is 173 Å². The summed E-state index contributed by atoms with van der Waals surface area (Å²) >= 11 is 0. The van der Waals surface area contributed by atoms with Gasteiger partial charge in [-0.2, -0.15) is 10.3 Å². The van der Waals surface area contributed by atoms with E-state index >= 15 is 0 Å². The first-order chi connectivity index (χ1) is 14.7. The number of unbranched alkanes of at least 4 members (excludes halogenated alkanes) is 1. The van der Waals surface area contributed by atoms with E-state index in [2.05, 4.69) is 32.6 Å². The van der Waals surface area contributed by atoms with Gasteiger partial charge in [0.1, 0.15) is 5.56 Å². The minimum atomic E-state index is -0.946. The van der Waals surface area contributed by atoms with Crippen molar-refractivity contribution >= 4 is 5.97 Å². The molecule has 0 saturated heterocycles. The fraction of sp³-hybridized carbons (Fsp3) is 0.227. The van der Waals surface area contributed by atoms with Crippen molar-refractivity contribution in [1.82, 2.24) is 30.4 Å². The number of aromatic amines is 1. The molecule has 0 radical (unpaired) electrons. The Kier molecular flexibility index (Phi) is 5.65. The fourth-order valence-electron chi connectivity index (χ4n) is 3.41. The van der Waals surface area contributed by atoms with Crippen LogP contribution in [0.5, 0.6) is 0 Å². The van der Waals surface area contributed by atoms with Crippen molar-refractivity contribution in [3.8, 4) is 22.5 Å². The van der Waals surface area contributed by atoms with Crippen LogP contribution in [0.2, 0.25) is 0 Å². The van der Waals surface area contributed by atoms with Crippen LogP contribution < -0.4 is 0 Å². The van der Waals surface area contributed by atoms with Crippen molar-refractivity contribution in [1.29, 1.82) is 0 Å². The highest BCUT2D eigenvalue weighted by Gasteiger charge is 2.16. The Balaban J connectivity index is 1.59. The van der Waals surface area contributed by atoms with Crippen molar-refractivity contribution < 1.29 is 9.90 Å². The maximum absolute atomic E-state index is 11.6. The number of aromatic carboxylic acids is 1. The Morgan fingerprint density at radius 2 is 1.87 bits per heavy atom. The summed E-state index contributed by atoms with van der Waals surface area (Å²) in [5, 5.41) is 28.3. The molecule has 8 nitrogen and oxygen atoms in total. The summed E-state index contributed by atoms with van der Waals surface area (Å²) in [5.74, 6) is -0.406. The number of carboxylic acid groups (broad SMARTS) is 1. The molecule has 0 saturated carbocycles. The molecule has 2 aromatic heterocycles. The zero-order valence-electron chi connectivity index (χ0n) is 16.6. The van der Waals surface area contributed by atoms with Crippen LogP contribution in [0.4, 0.5) is 0 Å². The van der Waals surface area contributed by atoms with Crippen molar-refractivity contribution in [3.05, 3.63) is 71.5 Å². The smallest absolute Gasteiger partial charge is 0.339 e. The lowest BCUT2D eigenvalue weighted by atomic mass is 9.97.